The van der Waals surface area contributed by atoms with E-state index >= 15 is 0 Å². The van der Waals surface area contributed by atoms with Crippen LogP contribution in [0.15, 0.2) is 0 Å². The molecule has 12 nitrogen and oxygen atoms in total. The van der Waals surface area contributed by atoms with Crippen LogP contribution in [0, 0.1) is 17.8 Å². The molecule has 12 heteroatoms. The Morgan fingerprint density at radius 1 is 0.738 bits per heavy atom. The second-order valence-electron chi connectivity index (χ2n) is 12.1. The highest BCUT2D eigenvalue weighted by molar-refractivity contribution is 5.95. The molecule has 0 aromatic rings. The van der Waals surface area contributed by atoms with E-state index in [4.69, 9.17) is 4.74 Å². The first kappa shape index (κ1) is 36.8. The number of unbranched alkanes of at least 4 members (excludes halogenated alkanes) is 4. The van der Waals surface area contributed by atoms with Gasteiger partial charge in [0.25, 0.3) is 0 Å². The maximum atomic E-state index is 13.5. The zero-order valence-electron chi connectivity index (χ0n) is 26.6. The van der Waals surface area contributed by atoms with Crippen molar-refractivity contribution >= 4 is 35.5 Å². The summed E-state index contributed by atoms with van der Waals surface area (Å²) in [6, 6.07) is -3.98. The lowest BCUT2D eigenvalue weighted by Gasteiger charge is -2.29. The highest BCUT2D eigenvalue weighted by Gasteiger charge is 2.34. The summed E-state index contributed by atoms with van der Waals surface area (Å²) in [7, 11) is 0. The number of carbonyl (C=O) groups is 6. The molecule has 1 fully saturated rings. The second-order valence-corrected chi connectivity index (χ2v) is 12.1. The summed E-state index contributed by atoms with van der Waals surface area (Å²) >= 11 is 0. The van der Waals surface area contributed by atoms with Gasteiger partial charge in [-0.25, -0.2) is 4.79 Å². The molecule has 0 aromatic heterocycles. The van der Waals surface area contributed by atoms with Gasteiger partial charge in [0, 0.05) is 0 Å². The van der Waals surface area contributed by atoms with Crippen molar-refractivity contribution in [3.63, 3.8) is 0 Å². The Morgan fingerprint density at radius 2 is 1.33 bits per heavy atom. The van der Waals surface area contributed by atoms with Crippen LogP contribution in [-0.4, -0.2) is 72.3 Å². The van der Waals surface area contributed by atoms with Gasteiger partial charge in [-0.2, -0.15) is 0 Å². The molecule has 240 valence electrons. The fourth-order valence-corrected chi connectivity index (χ4v) is 4.61. The number of hydrogen-bond donors (Lipinski definition) is 5. The van der Waals surface area contributed by atoms with Crippen molar-refractivity contribution in [3.05, 3.63) is 0 Å². The normalized spacial score (nSPS) is 27.6. The summed E-state index contributed by atoms with van der Waals surface area (Å²) in [5.74, 6) is -4.55. The summed E-state index contributed by atoms with van der Waals surface area (Å²) < 4.78 is 5.90. The first-order valence-electron chi connectivity index (χ1n) is 15.4. The topological polar surface area (TPSA) is 172 Å². The van der Waals surface area contributed by atoms with Crippen molar-refractivity contribution in [2.45, 2.75) is 131 Å². The number of amides is 5. The maximum absolute atomic E-state index is 13.5. The van der Waals surface area contributed by atoms with Gasteiger partial charge in [-0.05, 0) is 44.9 Å². The Balaban J connectivity index is 3.36. The molecule has 0 aromatic carbocycles. The third kappa shape index (κ3) is 12.8. The monoisotopic (exact) mass is 595 g/mol. The van der Waals surface area contributed by atoms with E-state index in [1.165, 1.54) is 13.8 Å². The average Bonchev–Trinajstić information content (AvgIpc) is 2.91. The minimum absolute atomic E-state index is 0.0282. The number of carbonyl (C=O) groups excluding carboxylic acids is 6. The zero-order chi connectivity index (χ0) is 32.0. The van der Waals surface area contributed by atoms with Crippen molar-refractivity contribution in [1.29, 1.82) is 0 Å². The van der Waals surface area contributed by atoms with Crippen LogP contribution in [0.5, 0.6) is 0 Å². The van der Waals surface area contributed by atoms with Gasteiger partial charge in [-0.15, -0.1) is 0 Å². The van der Waals surface area contributed by atoms with Crippen molar-refractivity contribution in [2.24, 2.45) is 17.8 Å². The minimum Gasteiger partial charge on any atom is -0.460 e. The molecule has 1 saturated heterocycles. The first-order valence-corrected chi connectivity index (χ1v) is 15.4. The molecule has 6 atom stereocenters. The molecule has 1 aliphatic rings. The number of ether oxygens (including phenoxy) is 1. The minimum atomic E-state index is -1.01. The summed E-state index contributed by atoms with van der Waals surface area (Å²) in [6.07, 6.45) is 4.80. The smallest absolute Gasteiger partial charge is 0.328 e. The Morgan fingerprint density at radius 3 is 1.93 bits per heavy atom. The number of cyclic esters (lactones) is 1. The molecule has 5 N–H and O–H groups in total. The van der Waals surface area contributed by atoms with E-state index in [1.54, 1.807) is 20.8 Å². The van der Waals surface area contributed by atoms with Crippen LogP contribution < -0.4 is 26.6 Å². The van der Waals surface area contributed by atoms with Crippen LogP contribution in [0.25, 0.3) is 0 Å². The molecule has 5 amide bonds. The van der Waals surface area contributed by atoms with E-state index in [-0.39, 0.29) is 24.8 Å². The van der Waals surface area contributed by atoms with Crippen LogP contribution in [0.4, 0.5) is 0 Å². The third-order valence-electron chi connectivity index (χ3n) is 7.33. The Kier molecular flexibility index (Phi) is 16.1. The van der Waals surface area contributed by atoms with Crippen LogP contribution in [0.1, 0.15) is 100 Å². The van der Waals surface area contributed by atoms with E-state index in [1.807, 2.05) is 13.8 Å². The van der Waals surface area contributed by atoms with Gasteiger partial charge >= 0.3 is 5.97 Å². The lowest BCUT2D eigenvalue weighted by molar-refractivity contribution is -0.158. The highest BCUT2D eigenvalue weighted by Crippen LogP contribution is 2.19. The number of rotatable bonds is 9. The molecule has 1 aliphatic heterocycles. The van der Waals surface area contributed by atoms with Crippen LogP contribution >= 0.6 is 0 Å². The van der Waals surface area contributed by atoms with Gasteiger partial charge in [-0.3, -0.25) is 24.0 Å². The predicted molar refractivity (Wildman–Crippen MR) is 159 cm³/mol. The lowest BCUT2D eigenvalue weighted by atomic mass is 9.96. The zero-order valence-corrected chi connectivity index (χ0v) is 26.6. The Hall–Kier alpha value is -3.18. The van der Waals surface area contributed by atoms with Crippen LogP contribution in [-0.2, 0) is 33.5 Å². The van der Waals surface area contributed by atoms with Crippen LogP contribution in [0.3, 0.4) is 0 Å². The van der Waals surface area contributed by atoms with Crippen molar-refractivity contribution in [1.82, 2.24) is 26.6 Å². The third-order valence-corrected chi connectivity index (χ3v) is 7.33. The van der Waals surface area contributed by atoms with Crippen molar-refractivity contribution in [3.8, 4) is 0 Å². The lowest BCUT2D eigenvalue weighted by Crippen LogP contribution is -2.58. The highest BCUT2D eigenvalue weighted by atomic mass is 16.5. The van der Waals surface area contributed by atoms with E-state index in [0.29, 0.717) is 6.42 Å². The molecule has 6 unspecified atom stereocenters. The molecule has 1 heterocycles. The van der Waals surface area contributed by atoms with Gasteiger partial charge in [-0.1, -0.05) is 67.2 Å². The fraction of sp³-hybridized carbons (Fsp3) is 0.800. The van der Waals surface area contributed by atoms with Gasteiger partial charge in [0.1, 0.15) is 30.3 Å². The van der Waals surface area contributed by atoms with Crippen molar-refractivity contribution < 1.29 is 33.5 Å². The molecule has 0 radical (unpaired) electrons. The van der Waals surface area contributed by atoms with Gasteiger partial charge in [0.2, 0.25) is 29.5 Å². The quantitative estimate of drug-likeness (QED) is 0.199. The maximum Gasteiger partial charge on any atom is 0.328 e. The second kappa shape index (κ2) is 18.4. The molecule has 0 bridgehead atoms. The molecule has 0 saturated carbocycles. The van der Waals surface area contributed by atoms with Gasteiger partial charge in [0.05, 0.1) is 12.5 Å². The predicted octanol–water partition coefficient (Wildman–Crippen LogP) is 1.71. The first-order chi connectivity index (χ1) is 19.7. The van der Waals surface area contributed by atoms with E-state index in [0.717, 1.165) is 32.1 Å². The molecule has 1 rings (SSSR count). The van der Waals surface area contributed by atoms with E-state index in [9.17, 15) is 28.8 Å². The number of hydrogen-bond acceptors (Lipinski definition) is 7. The summed E-state index contributed by atoms with van der Waals surface area (Å²) in [6.45, 7) is 13.6. The summed E-state index contributed by atoms with van der Waals surface area (Å²) in [5.41, 5.74) is 0. The molecule has 0 spiro atoms. The van der Waals surface area contributed by atoms with Gasteiger partial charge in [0.15, 0.2) is 0 Å². The molecule has 0 aliphatic carbocycles. The van der Waals surface area contributed by atoms with Gasteiger partial charge < -0.3 is 31.3 Å². The Bertz CT molecular complexity index is 939. The number of nitrogens with one attached hydrogen (secondary N) is 5. The van der Waals surface area contributed by atoms with E-state index < -0.39 is 71.7 Å². The Labute approximate surface area is 250 Å². The largest absolute Gasteiger partial charge is 0.460 e. The molecular formula is C30H53N5O7. The summed E-state index contributed by atoms with van der Waals surface area (Å²) in [4.78, 5) is 77.9. The SMILES string of the molecule is CCCCCCCC1OC(=O)C(CC(C)C)NC(=O)C(C(C)C)NC(=O)C(C)NC(=O)C(C)NC(=O)CNC(=O)C1C. The average molecular weight is 596 g/mol. The number of esters is 1. The molecule has 42 heavy (non-hydrogen) atoms. The fourth-order valence-electron chi connectivity index (χ4n) is 4.61. The summed E-state index contributed by atoms with van der Waals surface area (Å²) in [5, 5.41) is 13.0. The van der Waals surface area contributed by atoms with Crippen LogP contribution in [0.2, 0.25) is 0 Å². The molecular weight excluding hydrogens is 542 g/mol. The van der Waals surface area contributed by atoms with E-state index in [2.05, 4.69) is 33.5 Å². The van der Waals surface area contributed by atoms with Crippen molar-refractivity contribution in [2.75, 3.05) is 6.54 Å². The standard InChI is InChI=1S/C30H53N5O7/c1-9-10-11-12-13-14-23-19(6)26(37)31-16-24(36)32-20(7)27(38)33-21(8)28(39)35-25(18(4)5)29(40)34-22(15-17(2)3)30(41)42-23/h17-23,25H,9-16H2,1-8H3,(H,31,37)(H,32,36)(H,33,38)(H,34,40)(H,35,39).